The molecule has 0 spiro atoms. The van der Waals surface area contributed by atoms with Gasteiger partial charge in [0.2, 0.25) is 0 Å². The van der Waals surface area contributed by atoms with E-state index >= 15 is 0 Å². The summed E-state index contributed by atoms with van der Waals surface area (Å²) in [5, 5.41) is 3.49. The molecule has 0 aliphatic heterocycles. The van der Waals surface area contributed by atoms with Crippen LogP contribution in [0, 0.1) is 5.92 Å². The molecule has 0 amide bonds. The quantitative estimate of drug-likeness (QED) is 0.665. The van der Waals surface area contributed by atoms with Crippen molar-refractivity contribution < 1.29 is 0 Å². The average Bonchev–Trinajstić information content (AvgIpc) is 1.87. The lowest BCUT2D eigenvalue weighted by Crippen LogP contribution is -2.29. The van der Waals surface area contributed by atoms with Gasteiger partial charge in [-0.05, 0) is 32.1 Å². The van der Waals surface area contributed by atoms with Gasteiger partial charge in [0, 0.05) is 11.8 Å². The van der Waals surface area contributed by atoms with Crippen molar-refractivity contribution in [1.29, 1.82) is 0 Å². The standard InChI is InChI=1S/C9H21NS/c1-8(2)5-6-10-9(3)7-11-4/h8-10H,5-7H2,1-4H3. The molecule has 1 unspecified atom stereocenters. The summed E-state index contributed by atoms with van der Waals surface area (Å²) in [4.78, 5) is 0. The van der Waals surface area contributed by atoms with Crippen molar-refractivity contribution in [3.63, 3.8) is 0 Å². The molecule has 2 heteroatoms. The molecule has 0 aliphatic rings. The number of rotatable bonds is 6. The molecule has 0 fully saturated rings. The molecular formula is C9H21NS. The maximum Gasteiger partial charge on any atom is 0.0129 e. The van der Waals surface area contributed by atoms with Crippen LogP contribution in [0.1, 0.15) is 27.2 Å². The molecule has 0 aliphatic carbocycles. The number of nitrogens with one attached hydrogen (secondary N) is 1. The van der Waals surface area contributed by atoms with Gasteiger partial charge >= 0.3 is 0 Å². The van der Waals surface area contributed by atoms with E-state index in [1.54, 1.807) is 0 Å². The van der Waals surface area contributed by atoms with Gasteiger partial charge in [0.25, 0.3) is 0 Å². The van der Waals surface area contributed by atoms with Crippen molar-refractivity contribution in [2.75, 3.05) is 18.6 Å². The van der Waals surface area contributed by atoms with E-state index in [1.807, 2.05) is 11.8 Å². The lowest BCUT2D eigenvalue weighted by Gasteiger charge is -2.12. The molecule has 0 aromatic carbocycles. The first kappa shape index (κ1) is 11.3. The van der Waals surface area contributed by atoms with E-state index in [2.05, 4.69) is 32.3 Å². The summed E-state index contributed by atoms with van der Waals surface area (Å²) in [7, 11) is 0. The minimum Gasteiger partial charge on any atom is -0.313 e. The Morgan fingerprint density at radius 3 is 2.36 bits per heavy atom. The molecule has 68 valence electrons. The van der Waals surface area contributed by atoms with Crippen LogP contribution in [-0.4, -0.2) is 24.6 Å². The summed E-state index contributed by atoms with van der Waals surface area (Å²) in [6.07, 6.45) is 3.44. The van der Waals surface area contributed by atoms with Crippen LogP contribution in [0.3, 0.4) is 0 Å². The van der Waals surface area contributed by atoms with E-state index in [0.717, 1.165) is 5.92 Å². The Kier molecular flexibility index (Phi) is 7.18. The van der Waals surface area contributed by atoms with Gasteiger partial charge in [-0.15, -0.1) is 0 Å². The third kappa shape index (κ3) is 8.21. The van der Waals surface area contributed by atoms with Gasteiger partial charge < -0.3 is 5.32 Å². The molecule has 0 aromatic heterocycles. The molecule has 0 saturated carbocycles. The summed E-state index contributed by atoms with van der Waals surface area (Å²) in [6, 6.07) is 0.670. The lowest BCUT2D eigenvalue weighted by molar-refractivity contribution is 0.507. The average molecular weight is 175 g/mol. The molecule has 1 atom stereocenters. The van der Waals surface area contributed by atoms with Crippen molar-refractivity contribution in [3.05, 3.63) is 0 Å². The molecule has 0 heterocycles. The smallest absolute Gasteiger partial charge is 0.0129 e. The predicted molar refractivity (Wildman–Crippen MR) is 55.3 cm³/mol. The third-order valence-electron chi connectivity index (χ3n) is 1.63. The molecule has 0 aromatic rings. The molecular weight excluding hydrogens is 154 g/mol. The SMILES string of the molecule is CSCC(C)NCCC(C)C. The van der Waals surface area contributed by atoms with Crippen molar-refractivity contribution in [1.82, 2.24) is 5.32 Å². The Labute approximate surface area is 75.3 Å². The van der Waals surface area contributed by atoms with Crippen LogP contribution in [0.5, 0.6) is 0 Å². The fourth-order valence-electron chi connectivity index (χ4n) is 0.927. The number of thioether (sulfide) groups is 1. The number of hydrogen-bond acceptors (Lipinski definition) is 2. The van der Waals surface area contributed by atoms with Crippen LogP contribution in [-0.2, 0) is 0 Å². The van der Waals surface area contributed by atoms with E-state index in [0.29, 0.717) is 6.04 Å². The predicted octanol–water partition coefficient (Wildman–Crippen LogP) is 2.37. The summed E-state index contributed by atoms with van der Waals surface area (Å²) in [5.41, 5.74) is 0. The highest BCUT2D eigenvalue weighted by atomic mass is 32.2. The topological polar surface area (TPSA) is 12.0 Å². The molecule has 0 saturated heterocycles. The van der Waals surface area contributed by atoms with E-state index in [4.69, 9.17) is 0 Å². The van der Waals surface area contributed by atoms with E-state index < -0.39 is 0 Å². The van der Waals surface area contributed by atoms with E-state index in [9.17, 15) is 0 Å². The summed E-state index contributed by atoms with van der Waals surface area (Å²) < 4.78 is 0. The van der Waals surface area contributed by atoms with Crippen LogP contribution >= 0.6 is 11.8 Å². The Balaban J connectivity index is 3.10. The number of hydrogen-bond donors (Lipinski definition) is 1. The Morgan fingerprint density at radius 2 is 1.91 bits per heavy atom. The highest BCUT2D eigenvalue weighted by molar-refractivity contribution is 7.98. The van der Waals surface area contributed by atoms with Crippen molar-refractivity contribution in [3.8, 4) is 0 Å². The molecule has 11 heavy (non-hydrogen) atoms. The Bertz CT molecular complexity index is 83.6. The van der Waals surface area contributed by atoms with Crippen LogP contribution < -0.4 is 5.32 Å². The zero-order valence-corrected chi connectivity index (χ0v) is 9.00. The van der Waals surface area contributed by atoms with Crippen LogP contribution in [0.25, 0.3) is 0 Å². The normalized spacial score (nSPS) is 13.9. The first-order valence-electron chi connectivity index (χ1n) is 4.39. The van der Waals surface area contributed by atoms with Gasteiger partial charge in [-0.1, -0.05) is 13.8 Å². The molecule has 0 bridgehead atoms. The maximum absolute atomic E-state index is 3.49. The van der Waals surface area contributed by atoms with E-state index in [1.165, 1.54) is 18.7 Å². The molecule has 1 N–H and O–H groups in total. The maximum atomic E-state index is 3.49. The summed E-state index contributed by atoms with van der Waals surface area (Å²) in [5.74, 6) is 2.04. The van der Waals surface area contributed by atoms with Gasteiger partial charge in [-0.3, -0.25) is 0 Å². The fraction of sp³-hybridized carbons (Fsp3) is 1.00. The minimum absolute atomic E-state index is 0.670. The van der Waals surface area contributed by atoms with Gasteiger partial charge in [-0.2, -0.15) is 11.8 Å². The van der Waals surface area contributed by atoms with Gasteiger partial charge in [0.15, 0.2) is 0 Å². The van der Waals surface area contributed by atoms with Crippen LogP contribution in [0.2, 0.25) is 0 Å². The summed E-state index contributed by atoms with van der Waals surface area (Å²) >= 11 is 1.91. The Morgan fingerprint density at radius 1 is 1.27 bits per heavy atom. The zero-order chi connectivity index (χ0) is 8.69. The van der Waals surface area contributed by atoms with Crippen molar-refractivity contribution in [2.24, 2.45) is 5.92 Å². The molecule has 0 rings (SSSR count). The van der Waals surface area contributed by atoms with Crippen molar-refractivity contribution >= 4 is 11.8 Å². The molecule has 0 radical (unpaired) electrons. The largest absolute Gasteiger partial charge is 0.313 e. The Hall–Kier alpha value is 0.310. The fourth-order valence-corrected chi connectivity index (χ4v) is 1.55. The zero-order valence-electron chi connectivity index (χ0n) is 8.18. The van der Waals surface area contributed by atoms with Crippen LogP contribution in [0.15, 0.2) is 0 Å². The monoisotopic (exact) mass is 175 g/mol. The lowest BCUT2D eigenvalue weighted by atomic mass is 10.1. The highest BCUT2D eigenvalue weighted by Crippen LogP contribution is 1.99. The first-order valence-corrected chi connectivity index (χ1v) is 5.78. The third-order valence-corrected chi connectivity index (χ3v) is 2.46. The van der Waals surface area contributed by atoms with Crippen LogP contribution in [0.4, 0.5) is 0 Å². The first-order chi connectivity index (χ1) is 5.16. The minimum atomic E-state index is 0.670. The van der Waals surface area contributed by atoms with E-state index in [-0.39, 0.29) is 0 Å². The van der Waals surface area contributed by atoms with Gasteiger partial charge in [-0.25, -0.2) is 0 Å². The molecule has 1 nitrogen and oxygen atoms in total. The second-order valence-electron chi connectivity index (χ2n) is 3.49. The van der Waals surface area contributed by atoms with Gasteiger partial charge in [0.1, 0.15) is 0 Å². The van der Waals surface area contributed by atoms with Gasteiger partial charge in [0.05, 0.1) is 0 Å². The summed E-state index contributed by atoms with van der Waals surface area (Å²) in [6.45, 7) is 7.94. The highest BCUT2D eigenvalue weighted by Gasteiger charge is 1.99. The second kappa shape index (κ2) is 6.99. The van der Waals surface area contributed by atoms with Crippen molar-refractivity contribution in [2.45, 2.75) is 33.2 Å². The second-order valence-corrected chi connectivity index (χ2v) is 4.40.